The Morgan fingerprint density at radius 1 is 1.08 bits per heavy atom. The van der Waals surface area contributed by atoms with Gasteiger partial charge in [0.25, 0.3) is 16.0 Å². The number of carboxylic acid groups (broad SMARTS) is 1. The van der Waals surface area contributed by atoms with Crippen molar-refractivity contribution in [3.05, 3.63) is 58.8 Å². The first-order valence-electron chi connectivity index (χ1n) is 6.58. The van der Waals surface area contributed by atoms with E-state index in [9.17, 15) is 23.2 Å². The molecule has 0 saturated carbocycles. The number of benzene rings is 2. The third-order valence-corrected chi connectivity index (χ3v) is 3.91. The monoisotopic (exact) mass is 368 g/mol. The van der Waals surface area contributed by atoms with Crippen LogP contribution in [-0.4, -0.2) is 35.2 Å². The molecule has 1 unspecified atom stereocenters. The van der Waals surface area contributed by atoms with Gasteiger partial charge in [-0.2, -0.15) is 13.6 Å². The summed E-state index contributed by atoms with van der Waals surface area (Å²) >= 11 is 0. The zero-order chi connectivity index (χ0) is 18.8. The normalized spacial score (nSPS) is 12.4. The molecule has 0 saturated heterocycles. The number of nitrogens with one attached hydrogen (secondary N) is 2. The Morgan fingerprint density at radius 3 is 2.32 bits per heavy atom. The third-order valence-electron chi connectivity index (χ3n) is 3.08. The van der Waals surface area contributed by atoms with Crippen LogP contribution in [0.4, 0.5) is 11.4 Å². The Morgan fingerprint density at radius 2 is 1.76 bits per heavy atom. The average molecular weight is 368 g/mol. The molecular weight excluding hydrogens is 356 g/mol. The SMILES string of the molecule is O=C(O)c1cc(NC(=O)c2cccc([NH+]([O-])O)c2)cc(S(=O)(=O)O)c1. The molecule has 132 valence electrons. The van der Waals surface area contributed by atoms with Crippen molar-refractivity contribution in [1.29, 1.82) is 0 Å². The first-order valence-corrected chi connectivity index (χ1v) is 8.02. The summed E-state index contributed by atoms with van der Waals surface area (Å²) in [7, 11) is -4.69. The molecule has 2 aromatic carbocycles. The smallest absolute Gasteiger partial charge is 0.335 e. The van der Waals surface area contributed by atoms with E-state index >= 15 is 0 Å². The molecule has 1 amide bonds. The summed E-state index contributed by atoms with van der Waals surface area (Å²) in [6.45, 7) is 0. The Labute approximate surface area is 141 Å². The lowest BCUT2D eigenvalue weighted by atomic mass is 10.1. The van der Waals surface area contributed by atoms with E-state index < -0.39 is 37.7 Å². The molecule has 10 nitrogen and oxygen atoms in total. The first-order chi connectivity index (χ1) is 11.6. The van der Waals surface area contributed by atoms with Gasteiger partial charge in [-0.1, -0.05) is 6.07 Å². The number of amides is 1. The van der Waals surface area contributed by atoms with Gasteiger partial charge in [-0.3, -0.25) is 9.35 Å². The zero-order valence-corrected chi connectivity index (χ0v) is 13.1. The van der Waals surface area contributed by atoms with E-state index in [1.54, 1.807) is 0 Å². The number of carbonyl (C=O) groups is 2. The van der Waals surface area contributed by atoms with Crippen molar-refractivity contribution < 1.29 is 38.1 Å². The highest BCUT2D eigenvalue weighted by Crippen LogP contribution is 2.20. The van der Waals surface area contributed by atoms with Crippen LogP contribution >= 0.6 is 0 Å². The van der Waals surface area contributed by atoms with E-state index in [1.165, 1.54) is 18.2 Å². The number of hydrogen-bond donors (Lipinski definition) is 5. The van der Waals surface area contributed by atoms with Gasteiger partial charge in [0.05, 0.1) is 10.5 Å². The Hall–Kier alpha value is -2.83. The minimum absolute atomic E-state index is 0.0333. The molecule has 25 heavy (non-hydrogen) atoms. The lowest BCUT2D eigenvalue weighted by Crippen LogP contribution is -2.99. The maximum Gasteiger partial charge on any atom is 0.335 e. The fourth-order valence-electron chi connectivity index (χ4n) is 1.94. The Bertz CT molecular complexity index is 940. The van der Waals surface area contributed by atoms with Gasteiger partial charge < -0.3 is 15.6 Å². The topological polar surface area (TPSA) is 168 Å². The molecule has 0 spiro atoms. The van der Waals surface area contributed by atoms with Crippen molar-refractivity contribution >= 4 is 33.4 Å². The highest BCUT2D eigenvalue weighted by Gasteiger charge is 2.17. The van der Waals surface area contributed by atoms with Gasteiger partial charge in [0.15, 0.2) is 5.69 Å². The quantitative estimate of drug-likeness (QED) is 0.370. The van der Waals surface area contributed by atoms with E-state index in [2.05, 4.69) is 5.32 Å². The second-order valence-electron chi connectivity index (χ2n) is 4.87. The van der Waals surface area contributed by atoms with Gasteiger partial charge in [-0.15, -0.1) is 0 Å². The maximum atomic E-state index is 12.2. The number of aromatic carboxylic acids is 1. The molecule has 2 aromatic rings. The zero-order valence-electron chi connectivity index (χ0n) is 12.3. The van der Waals surface area contributed by atoms with E-state index in [0.717, 1.165) is 24.3 Å². The predicted octanol–water partition coefficient (Wildman–Crippen LogP) is 0.287. The highest BCUT2D eigenvalue weighted by molar-refractivity contribution is 7.85. The number of anilines is 1. The number of carboxylic acids is 1. The standard InChI is InChI=1S/C14H12N2O8S/c17-13(8-2-1-3-11(5-8)16(20)21)15-10-4-9(14(18)19)6-12(7-10)25(22,23)24/h1-7,16,20H,(H,15,17)(H,18,19)(H,22,23,24). The van der Waals surface area contributed by atoms with Crippen molar-refractivity contribution in [3.8, 4) is 0 Å². The number of carbonyl (C=O) groups excluding carboxylic acids is 1. The molecule has 0 heterocycles. The van der Waals surface area contributed by atoms with Crippen molar-refractivity contribution in [2.24, 2.45) is 0 Å². The van der Waals surface area contributed by atoms with E-state index in [4.69, 9.17) is 14.9 Å². The number of hydrogen-bond acceptors (Lipinski definition) is 6. The third kappa shape index (κ3) is 4.59. The first kappa shape index (κ1) is 18.5. The molecule has 0 radical (unpaired) electrons. The second kappa shape index (κ2) is 6.96. The van der Waals surface area contributed by atoms with Crippen LogP contribution in [0.2, 0.25) is 0 Å². The van der Waals surface area contributed by atoms with Crippen LogP contribution in [0, 0.1) is 5.21 Å². The Kier molecular flexibility index (Phi) is 5.15. The van der Waals surface area contributed by atoms with Crippen LogP contribution in [0.25, 0.3) is 0 Å². The maximum absolute atomic E-state index is 12.2. The fraction of sp³-hybridized carbons (Fsp3) is 0. The van der Waals surface area contributed by atoms with Crippen LogP contribution in [0.1, 0.15) is 20.7 Å². The molecular formula is C14H12N2O8S. The van der Waals surface area contributed by atoms with Gasteiger partial charge in [0.2, 0.25) is 0 Å². The van der Waals surface area contributed by atoms with Crippen LogP contribution in [-0.2, 0) is 10.1 Å². The molecule has 0 fully saturated rings. The van der Waals surface area contributed by atoms with Gasteiger partial charge in [0, 0.05) is 23.4 Å². The van der Waals surface area contributed by atoms with Crippen LogP contribution in [0.5, 0.6) is 0 Å². The summed E-state index contributed by atoms with van der Waals surface area (Å²) < 4.78 is 31.5. The molecule has 0 aliphatic rings. The average Bonchev–Trinajstić information content (AvgIpc) is 2.53. The minimum Gasteiger partial charge on any atom is -0.595 e. The summed E-state index contributed by atoms with van der Waals surface area (Å²) in [4.78, 5) is 22.5. The molecule has 0 aromatic heterocycles. The van der Waals surface area contributed by atoms with E-state index in [-0.39, 0.29) is 16.9 Å². The van der Waals surface area contributed by atoms with Gasteiger partial charge in [-0.25, -0.2) is 10.0 Å². The van der Waals surface area contributed by atoms with Crippen molar-refractivity contribution in [3.63, 3.8) is 0 Å². The molecule has 0 aliphatic carbocycles. The van der Waals surface area contributed by atoms with Gasteiger partial charge in [-0.05, 0) is 24.3 Å². The predicted molar refractivity (Wildman–Crippen MR) is 83.4 cm³/mol. The van der Waals surface area contributed by atoms with Crippen molar-refractivity contribution in [2.45, 2.75) is 4.90 Å². The van der Waals surface area contributed by atoms with Gasteiger partial charge >= 0.3 is 5.97 Å². The second-order valence-corrected chi connectivity index (χ2v) is 6.29. The Balaban J connectivity index is 2.39. The summed E-state index contributed by atoms with van der Waals surface area (Å²) in [5.74, 6) is -2.25. The molecule has 0 aliphatic heterocycles. The molecule has 0 bridgehead atoms. The molecule has 2 rings (SSSR count). The summed E-state index contributed by atoms with van der Waals surface area (Å²) in [6, 6.07) is 7.65. The highest BCUT2D eigenvalue weighted by atomic mass is 32.2. The van der Waals surface area contributed by atoms with Crippen LogP contribution in [0.15, 0.2) is 47.4 Å². The number of rotatable bonds is 5. The largest absolute Gasteiger partial charge is 0.595 e. The lowest BCUT2D eigenvalue weighted by Gasteiger charge is -2.12. The summed E-state index contributed by atoms with van der Waals surface area (Å²) in [6.07, 6.45) is 0. The minimum atomic E-state index is -4.69. The summed E-state index contributed by atoms with van der Waals surface area (Å²) in [5, 5.41) is 29.8. The van der Waals surface area contributed by atoms with Crippen molar-refractivity contribution in [2.75, 3.05) is 5.32 Å². The summed E-state index contributed by atoms with van der Waals surface area (Å²) in [5.41, 5.74) is -0.831. The fourth-order valence-corrected chi connectivity index (χ4v) is 2.49. The molecule has 11 heteroatoms. The number of quaternary nitrogens is 1. The molecule has 5 N–H and O–H groups in total. The lowest BCUT2D eigenvalue weighted by molar-refractivity contribution is -0.991. The van der Waals surface area contributed by atoms with Gasteiger partial charge in [0.1, 0.15) is 0 Å². The van der Waals surface area contributed by atoms with Crippen molar-refractivity contribution in [1.82, 2.24) is 0 Å². The van der Waals surface area contributed by atoms with E-state index in [0.29, 0.717) is 0 Å². The van der Waals surface area contributed by atoms with E-state index in [1.807, 2.05) is 0 Å². The van der Waals surface area contributed by atoms with Crippen LogP contribution < -0.4 is 10.5 Å². The molecule has 1 atom stereocenters. The van der Waals surface area contributed by atoms with Crippen LogP contribution in [0.3, 0.4) is 0 Å².